The van der Waals surface area contributed by atoms with Gasteiger partial charge in [0.25, 0.3) is 0 Å². The number of aromatic nitrogens is 1. The lowest BCUT2D eigenvalue weighted by atomic mass is 10.2. The largest absolute Gasteiger partial charge is 0.360 e. The molecule has 5 heteroatoms. The molecule has 3 nitrogen and oxygen atoms in total. The fourth-order valence-corrected chi connectivity index (χ4v) is 3.50. The van der Waals surface area contributed by atoms with Gasteiger partial charge in [-0.15, -0.1) is 22.7 Å². The molecule has 0 atom stereocenters. The predicted octanol–water partition coefficient (Wildman–Crippen LogP) is 4.06. The van der Waals surface area contributed by atoms with Gasteiger partial charge < -0.3 is 9.84 Å². The molecular weight excluding hydrogens is 276 g/mol. The second-order valence-corrected chi connectivity index (χ2v) is 6.26. The summed E-state index contributed by atoms with van der Waals surface area (Å²) in [6.45, 7) is 3.50. The van der Waals surface area contributed by atoms with Gasteiger partial charge in [-0.05, 0) is 29.8 Å². The Hall–Kier alpha value is -1.43. The molecule has 0 aliphatic carbocycles. The lowest BCUT2D eigenvalue weighted by Crippen LogP contribution is -2.10. The lowest BCUT2D eigenvalue weighted by Gasteiger charge is -1.98. The van der Waals surface area contributed by atoms with Crippen molar-refractivity contribution in [2.45, 2.75) is 20.0 Å². The zero-order chi connectivity index (χ0) is 13.1. The van der Waals surface area contributed by atoms with Crippen molar-refractivity contribution in [3.8, 4) is 10.4 Å². The summed E-state index contributed by atoms with van der Waals surface area (Å²) >= 11 is 3.56. The van der Waals surface area contributed by atoms with Crippen molar-refractivity contribution >= 4 is 22.7 Å². The minimum atomic E-state index is 0.715. The average Bonchev–Trinajstić information content (AvgIpc) is 3.09. The Labute approximate surface area is 119 Å². The quantitative estimate of drug-likeness (QED) is 0.770. The summed E-state index contributed by atoms with van der Waals surface area (Å²) in [6, 6.07) is 8.44. The molecule has 0 saturated heterocycles. The Morgan fingerprint density at radius 1 is 1.26 bits per heavy atom. The van der Waals surface area contributed by atoms with Gasteiger partial charge in [0.2, 0.25) is 0 Å². The molecule has 0 amide bonds. The highest BCUT2D eigenvalue weighted by atomic mass is 32.1. The van der Waals surface area contributed by atoms with Gasteiger partial charge >= 0.3 is 0 Å². The van der Waals surface area contributed by atoms with Gasteiger partial charge in [0, 0.05) is 27.9 Å². The van der Waals surface area contributed by atoms with E-state index in [-0.39, 0.29) is 0 Å². The fourth-order valence-electron chi connectivity index (χ4n) is 1.85. The maximum absolute atomic E-state index is 5.16. The monoisotopic (exact) mass is 290 g/mol. The van der Waals surface area contributed by atoms with Crippen LogP contribution in [0.4, 0.5) is 0 Å². The predicted molar refractivity (Wildman–Crippen MR) is 79.4 cm³/mol. The number of hydrogen-bond donors (Lipinski definition) is 1. The van der Waals surface area contributed by atoms with Crippen LogP contribution in [0.3, 0.4) is 0 Å². The van der Waals surface area contributed by atoms with Crippen molar-refractivity contribution in [1.29, 1.82) is 0 Å². The standard InChI is InChI=1S/C14H14N2OS2/c1-10-5-12(17-16-10)7-15-8-13-6-11(9-19-13)14-3-2-4-18-14/h2-6,9,15H,7-8H2,1H3. The van der Waals surface area contributed by atoms with E-state index >= 15 is 0 Å². The maximum atomic E-state index is 5.16. The molecule has 0 aliphatic rings. The Morgan fingerprint density at radius 3 is 2.95 bits per heavy atom. The number of thiophene rings is 2. The first-order valence-electron chi connectivity index (χ1n) is 6.05. The van der Waals surface area contributed by atoms with E-state index in [9.17, 15) is 0 Å². The molecule has 1 N–H and O–H groups in total. The van der Waals surface area contributed by atoms with Crippen LogP contribution in [0.15, 0.2) is 39.5 Å². The van der Waals surface area contributed by atoms with Gasteiger partial charge in [-0.25, -0.2) is 0 Å². The molecular formula is C14H14N2OS2. The molecule has 0 saturated carbocycles. The molecule has 0 aromatic carbocycles. The van der Waals surface area contributed by atoms with Crippen molar-refractivity contribution in [2.75, 3.05) is 0 Å². The smallest absolute Gasteiger partial charge is 0.150 e. The highest BCUT2D eigenvalue weighted by Gasteiger charge is 2.04. The summed E-state index contributed by atoms with van der Waals surface area (Å²) in [5, 5.41) is 11.6. The first-order chi connectivity index (χ1) is 9.31. The Balaban J connectivity index is 1.56. The van der Waals surface area contributed by atoms with E-state index in [4.69, 9.17) is 4.52 Å². The van der Waals surface area contributed by atoms with Crippen LogP contribution in [-0.4, -0.2) is 5.16 Å². The molecule has 0 unspecified atom stereocenters. The topological polar surface area (TPSA) is 38.1 Å². The highest BCUT2D eigenvalue weighted by molar-refractivity contribution is 7.14. The van der Waals surface area contributed by atoms with Gasteiger partial charge in [0.15, 0.2) is 5.76 Å². The van der Waals surface area contributed by atoms with Gasteiger partial charge in [-0.1, -0.05) is 11.2 Å². The van der Waals surface area contributed by atoms with Crippen LogP contribution in [0, 0.1) is 6.92 Å². The second kappa shape index (κ2) is 5.69. The number of rotatable bonds is 5. The van der Waals surface area contributed by atoms with Gasteiger partial charge in [-0.3, -0.25) is 0 Å². The minimum absolute atomic E-state index is 0.715. The van der Waals surface area contributed by atoms with Crippen LogP contribution < -0.4 is 5.32 Å². The molecule has 3 aromatic heterocycles. The summed E-state index contributed by atoms with van der Waals surface area (Å²) in [5.41, 5.74) is 2.24. The summed E-state index contributed by atoms with van der Waals surface area (Å²) in [7, 11) is 0. The number of hydrogen-bond acceptors (Lipinski definition) is 5. The van der Waals surface area contributed by atoms with Crippen molar-refractivity contribution in [2.24, 2.45) is 0 Å². The third kappa shape index (κ3) is 3.12. The molecule has 0 aliphatic heterocycles. The zero-order valence-electron chi connectivity index (χ0n) is 10.6. The van der Waals surface area contributed by atoms with Crippen LogP contribution >= 0.6 is 22.7 Å². The third-order valence-corrected chi connectivity index (χ3v) is 4.59. The molecule has 0 fully saturated rings. The third-order valence-electron chi connectivity index (χ3n) is 2.73. The molecule has 98 valence electrons. The van der Waals surface area contributed by atoms with Gasteiger partial charge in [-0.2, -0.15) is 0 Å². The SMILES string of the molecule is Cc1cc(CNCc2cc(-c3cccs3)cs2)on1. The van der Waals surface area contributed by atoms with Crippen molar-refractivity contribution < 1.29 is 4.52 Å². The summed E-state index contributed by atoms with van der Waals surface area (Å²) in [5.74, 6) is 0.882. The number of nitrogens with one attached hydrogen (secondary N) is 1. The van der Waals surface area contributed by atoms with Gasteiger partial charge in [0.05, 0.1) is 12.2 Å². The lowest BCUT2D eigenvalue weighted by molar-refractivity contribution is 0.369. The van der Waals surface area contributed by atoms with E-state index in [2.05, 4.69) is 39.4 Å². The molecule has 0 spiro atoms. The Kier molecular flexibility index (Phi) is 3.77. The number of nitrogens with zero attached hydrogens (tertiary/aromatic N) is 1. The van der Waals surface area contributed by atoms with Crippen LogP contribution in [0.5, 0.6) is 0 Å². The van der Waals surface area contributed by atoms with E-state index < -0.39 is 0 Å². The minimum Gasteiger partial charge on any atom is -0.360 e. The van der Waals surface area contributed by atoms with Crippen LogP contribution in [0.2, 0.25) is 0 Å². The van der Waals surface area contributed by atoms with E-state index in [1.807, 2.05) is 13.0 Å². The second-order valence-electron chi connectivity index (χ2n) is 4.32. The summed E-state index contributed by atoms with van der Waals surface area (Å²) in [4.78, 5) is 2.66. The molecule has 0 radical (unpaired) electrons. The molecule has 19 heavy (non-hydrogen) atoms. The van der Waals surface area contributed by atoms with Crippen molar-refractivity contribution in [3.63, 3.8) is 0 Å². The van der Waals surface area contributed by atoms with Crippen LogP contribution in [0.25, 0.3) is 10.4 Å². The maximum Gasteiger partial charge on any atom is 0.150 e. The zero-order valence-corrected chi connectivity index (χ0v) is 12.2. The first-order valence-corrected chi connectivity index (χ1v) is 7.81. The van der Waals surface area contributed by atoms with E-state index in [0.29, 0.717) is 6.54 Å². The number of aryl methyl sites for hydroxylation is 1. The first kappa shape index (κ1) is 12.6. The fraction of sp³-hybridized carbons (Fsp3) is 0.214. The van der Waals surface area contributed by atoms with E-state index in [0.717, 1.165) is 18.0 Å². The van der Waals surface area contributed by atoms with Crippen LogP contribution in [0.1, 0.15) is 16.3 Å². The normalized spacial score (nSPS) is 11.0. The highest BCUT2D eigenvalue weighted by Crippen LogP contribution is 2.29. The van der Waals surface area contributed by atoms with E-state index in [1.54, 1.807) is 22.7 Å². The molecule has 3 aromatic rings. The van der Waals surface area contributed by atoms with Crippen LogP contribution in [-0.2, 0) is 13.1 Å². The average molecular weight is 290 g/mol. The Morgan fingerprint density at radius 2 is 2.21 bits per heavy atom. The molecule has 3 rings (SSSR count). The van der Waals surface area contributed by atoms with Crippen molar-refractivity contribution in [3.05, 3.63) is 51.4 Å². The van der Waals surface area contributed by atoms with Gasteiger partial charge in [0.1, 0.15) is 0 Å². The summed E-state index contributed by atoms with van der Waals surface area (Å²) < 4.78 is 5.16. The van der Waals surface area contributed by atoms with E-state index in [1.165, 1.54) is 15.3 Å². The Bertz CT molecular complexity index is 640. The van der Waals surface area contributed by atoms with Crippen molar-refractivity contribution in [1.82, 2.24) is 10.5 Å². The molecule has 0 bridgehead atoms. The molecule has 3 heterocycles. The summed E-state index contributed by atoms with van der Waals surface area (Å²) in [6.07, 6.45) is 0.